The van der Waals surface area contributed by atoms with Crippen molar-refractivity contribution >= 4 is 10.8 Å². The molecule has 1 unspecified atom stereocenters. The predicted molar refractivity (Wildman–Crippen MR) is 88.3 cm³/mol. The lowest BCUT2D eigenvalue weighted by atomic mass is 9.97. The first-order valence-electron chi connectivity index (χ1n) is 7.49. The van der Waals surface area contributed by atoms with E-state index in [1.807, 2.05) is 12.3 Å². The molecular weight excluding hydrogens is 256 g/mol. The van der Waals surface area contributed by atoms with Gasteiger partial charge in [0.15, 0.2) is 0 Å². The van der Waals surface area contributed by atoms with Crippen LogP contribution in [0, 0.1) is 0 Å². The van der Waals surface area contributed by atoms with Gasteiger partial charge in [-0.15, -0.1) is 0 Å². The van der Waals surface area contributed by atoms with Crippen LogP contribution in [0.3, 0.4) is 0 Å². The number of rotatable bonds is 5. The molecule has 1 atom stereocenters. The molecule has 2 heteroatoms. The van der Waals surface area contributed by atoms with Gasteiger partial charge in [-0.3, -0.25) is 4.98 Å². The summed E-state index contributed by atoms with van der Waals surface area (Å²) < 4.78 is 0. The molecule has 3 aromatic rings. The van der Waals surface area contributed by atoms with E-state index in [2.05, 4.69) is 71.8 Å². The van der Waals surface area contributed by atoms with Gasteiger partial charge in [-0.25, -0.2) is 0 Å². The van der Waals surface area contributed by atoms with Crippen molar-refractivity contribution in [1.29, 1.82) is 0 Å². The Morgan fingerprint density at radius 2 is 1.76 bits per heavy atom. The highest BCUT2D eigenvalue weighted by atomic mass is 14.9. The standard InChI is InChI=1S/C19H20N2/c1-2-20-19(18-12-5-6-13-21-18)14-16-10-7-9-15-8-3-4-11-17(15)16/h3-13,19-20H,2,14H2,1H3. The first-order chi connectivity index (χ1) is 10.4. The second kappa shape index (κ2) is 6.51. The van der Waals surface area contributed by atoms with Crippen molar-refractivity contribution in [2.24, 2.45) is 0 Å². The number of aromatic nitrogens is 1. The van der Waals surface area contributed by atoms with Gasteiger partial charge in [0.25, 0.3) is 0 Å². The van der Waals surface area contributed by atoms with Gasteiger partial charge < -0.3 is 5.32 Å². The fourth-order valence-electron chi connectivity index (χ4n) is 2.80. The first-order valence-corrected chi connectivity index (χ1v) is 7.49. The van der Waals surface area contributed by atoms with Crippen molar-refractivity contribution in [3.63, 3.8) is 0 Å². The molecule has 1 N–H and O–H groups in total. The Balaban J connectivity index is 1.95. The summed E-state index contributed by atoms with van der Waals surface area (Å²) in [7, 11) is 0. The Morgan fingerprint density at radius 1 is 0.952 bits per heavy atom. The topological polar surface area (TPSA) is 24.9 Å². The van der Waals surface area contributed by atoms with Gasteiger partial charge in [-0.05, 0) is 41.4 Å². The highest BCUT2D eigenvalue weighted by Gasteiger charge is 2.13. The second-order valence-corrected chi connectivity index (χ2v) is 5.21. The van der Waals surface area contributed by atoms with Gasteiger partial charge in [0, 0.05) is 6.20 Å². The van der Waals surface area contributed by atoms with Gasteiger partial charge in [0.05, 0.1) is 11.7 Å². The highest BCUT2D eigenvalue weighted by Crippen LogP contribution is 2.23. The SMILES string of the molecule is CCNC(Cc1cccc2ccccc12)c1ccccn1. The lowest BCUT2D eigenvalue weighted by Gasteiger charge is -2.18. The molecule has 1 heterocycles. The normalized spacial score (nSPS) is 12.4. The Kier molecular flexibility index (Phi) is 4.27. The molecule has 0 spiro atoms. The minimum Gasteiger partial charge on any atom is -0.309 e. The van der Waals surface area contributed by atoms with Crippen molar-refractivity contribution in [3.05, 3.63) is 78.1 Å². The van der Waals surface area contributed by atoms with Crippen LogP contribution in [-0.4, -0.2) is 11.5 Å². The highest BCUT2D eigenvalue weighted by molar-refractivity contribution is 5.85. The Bertz CT molecular complexity index is 702. The Labute approximate surface area is 125 Å². The molecule has 0 fully saturated rings. The zero-order valence-corrected chi connectivity index (χ0v) is 12.3. The number of hydrogen-bond acceptors (Lipinski definition) is 2. The molecule has 0 radical (unpaired) electrons. The van der Waals surface area contributed by atoms with Crippen LogP contribution in [0.15, 0.2) is 66.9 Å². The lowest BCUT2D eigenvalue weighted by Crippen LogP contribution is -2.23. The van der Waals surface area contributed by atoms with E-state index < -0.39 is 0 Å². The molecule has 21 heavy (non-hydrogen) atoms. The molecule has 2 aromatic carbocycles. The van der Waals surface area contributed by atoms with Crippen molar-refractivity contribution in [1.82, 2.24) is 10.3 Å². The maximum Gasteiger partial charge on any atom is 0.0576 e. The zero-order valence-electron chi connectivity index (χ0n) is 12.3. The van der Waals surface area contributed by atoms with E-state index in [1.165, 1.54) is 16.3 Å². The van der Waals surface area contributed by atoms with Crippen LogP contribution in [0.4, 0.5) is 0 Å². The molecule has 3 rings (SSSR count). The average Bonchev–Trinajstić information content (AvgIpc) is 2.55. The van der Waals surface area contributed by atoms with E-state index in [9.17, 15) is 0 Å². The fraction of sp³-hybridized carbons (Fsp3) is 0.211. The summed E-state index contributed by atoms with van der Waals surface area (Å²) in [5.74, 6) is 0. The summed E-state index contributed by atoms with van der Waals surface area (Å²) in [4.78, 5) is 4.51. The molecular formula is C19H20N2. The summed E-state index contributed by atoms with van der Waals surface area (Å²) >= 11 is 0. The third-order valence-corrected chi connectivity index (χ3v) is 3.80. The van der Waals surface area contributed by atoms with E-state index in [0.717, 1.165) is 18.7 Å². The van der Waals surface area contributed by atoms with E-state index in [-0.39, 0.29) is 6.04 Å². The molecule has 0 bridgehead atoms. The maximum absolute atomic E-state index is 4.51. The van der Waals surface area contributed by atoms with Crippen LogP contribution in [0.2, 0.25) is 0 Å². The number of nitrogens with one attached hydrogen (secondary N) is 1. The third-order valence-electron chi connectivity index (χ3n) is 3.80. The molecule has 0 aliphatic rings. The number of benzene rings is 2. The van der Waals surface area contributed by atoms with Crippen LogP contribution in [0.5, 0.6) is 0 Å². The van der Waals surface area contributed by atoms with Crippen molar-refractivity contribution in [3.8, 4) is 0 Å². The number of fused-ring (bicyclic) bond motifs is 1. The quantitative estimate of drug-likeness (QED) is 0.758. The van der Waals surface area contributed by atoms with E-state index in [4.69, 9.17) is 0 Å². The lowest BCUT2D eigenvalue weighted by molar-refractivity contribution is 0.538. The van der Waals surface area contributed by atoms with Crippen LogP contribution in [-0.2, 0) is 6.42 Å². The monoisotopic (exact) mass is 276 g/mol. The van der Waals surface area contributed by atoms with Crippen molar-refractivity contribution < 1.29 is 0 Å². The summed E-state index contributed by atoms with van der Waals surface area (Å²) in [5, 5.41) is 6.18. The van der Waals surface area contributed by atoms with Gasteiger partial charge in [0.1, 0.15) is 0 Å². The fourth-order valence-corrected chi connectivity index (χ4v) is 2.80. The smallest absolute Gasteiger partial charge is 0.0576 e. The predicted octanol–water partition coefficient (Wildman–Crippen LogP) is 4.13. The first kappa shape index (κ1) is 13.8. The molecule has 1 aromatic heterocycles. The molecule has 0 saturated heterocycles. The van der Waals surface area contributed by atoms with E-state index >= 15 is 0 Å². The molecule has 0 amide bonds. The van der Waals surface area contributed by atoms with Gasteiger partial charge in [-0.1, -0.05) is 55.5 Å². The number of pyridine rings is 1. The van der Waals surface area contributed by atoms with Crippen LogP contribution in [0.25, 0.3) is 10.8 Å². The number of hydrogen-bond donors (Lipinski definition) is 1. The molecule has 0 aliphatic heterocycles. The molecule has 106 valence electrons. The maximum atomic E-state index is 4.51. The molecule has 0 aliphatic carbocycles. The molecule has 0 saturated carbocycles. The Hall–Kier alpha value is -2.19. The summed E-state index contributed by atoms with van der Waals surface area (Å²) in [6, 6.07) is 21.5. The summed E-state index contributed by atoms with van der Waals surface area (Å²) in [6.45, 7) is 3.07. The average molecular weight is 276 g/mol. The van der Waals surface area contributed by atoms with E-state index in [0.29, 0.717) is 0 Å². The van der Waals surface area contributed by atoms with Crippen molar-refractivity contribution in [2.75, 3.05) is 6.54 Å². The largest absolute Gasteiger partial charge is 0.309 e. The Morgan fingerprint density at radius 3 is 2.57 bits per heavy atom. The summed E-state index contributed by atoms with van der Waals surface area (Å²) in [6.07, 6.45) is 2.81. The third kappa shape index (κ3) is 3.11. The minimum atomic E-state index is 0.252. The van der Waals surface area contributed by atoms with Gasteiger partial charge in [0.2, 0.25) is 0 Å². The number of likely N-dealkylation sites (N-methyl/N-ethyl adjacent to an activating group) is 1. The van der Waals surface area contributed by atoms with Gasteiger partial charge >= 0.3 is 0 Å². The second-order valence-electron chi connectivity index (χ2n) is 5.21. The van der Waals surface area contributed by atoms with Crippen LogP contribution < -0.4 is 5.32 Å². The number of nitrogens with zero attached hydrogens (tertiary/aromatic N) is 1. The minimum absolute atomic E-state index is 0.252. The zero-order chi connectivity index (χ0) is 14.5. The van der Waals surface area contributed by atoms with Crippen LogP contribution >= 0.6 is 0 Å². The summed E-state index contributed by atoms with van der Waals surface area (Å²) in [5.41, 5.74) is 2.47. The van der Waals surface area contributed by atoms with Gasteiger partial charge in [-0.2, -0.15) is 0 Å². The molecule has 2 nitrogen and oxygen atoms in total. The van der Waals surface area contributed by atoms with Crippen molar-refractivity contribution in [2.45, 2.75) is 19.4 Å². The van der Waals surface area contributed by atoms with Crippen LogP contribution in [0.1, 0.15) is 24.2 Å². The van der Waals surface area contributed by atoms with E-state index in [1.54, 1.807) is 0 Å².